The molecule has 0 aliphatic carbocycles. The number of hydrogen-bond donors (Lipinski definition) is 1. The molecule has 23 heavy (non-hydrogen) atoms. The van der Waals surface area contributed by atoms with Crippen molar-refractivity contribution in [3.05, 3.63) is 41.8 Å². The van der Waals surface area contributed by atoms with Crippen LogP contribution in [0.25, 0.3) is 0 Å². The maximum atomic E-state index is 12.9. The molecule has 7 heteroatoms. The van der Waals surface area contributed by atoms with E-state index in [-0.39, 0.29) is 5.82 Å². The van der Waals surface area contributed by atoms with Crippen LogP contribution in [0.3, 0.4) is 0 Å². The maximum absolute atomic E-state index is 12.9. The summed E-state index contributed by atoms with van der Waals surface area (Å²) in [5.41, 5.74) is 1.07. The molecule has 1 fully saturated rings. The van der Waals surface area contributed by atoms with Gasteiger partial charge in [-0.2, -0.15) is 10.1 Å². The van der Waals surface area contributed by atoms with Crippen LogP contribution in [0, 0.1) is 5.82 Å². The van der Waals surface area contributed by atoms with Crippen molar-refractivity contribution in [2.24, 2.45) is 0 Å². The van der Waals surface area contributed by atoms with Crippen molar-refractivity contribution >= 4 is 11.8 Å². The van der Waals surface area contributed by atoms with Gasteiger partial charge in [0.15, 0.2) is 5.82 Å². The number of nitrogens with zero attached hydrogens (tertiary/aromatic N) is 5. The van der Waals surface area contributed by atoms with Crippen LogP contribution in [0.5, 0.6) is 0 Å². The number of benzene rings is 1. The predicted molar refractivity (Wildman–Crippen MR) is 88.1 cm³/mol. The van der Waals surface area contributed by atoms with Crippen molar-refractivity contribution in [2.75, 3.05) is 50.0 Å². The number of piperazine rings is 1. The van der Waals surface area contributed by atoms with Gasteiger partial charge >= 0.3 is 0 Å². The Bertz CT molecular complexity index is 625. The van der Waals surface area contributed by atoms with E-state index in [0.29, 0.717) is 12.5 Å². The molecule has 2 heterocycles. The lowest BCUT2D eigenvalue weighted by Gasteiger charge is -2.32. The molecule has 6 nitrogen and oxygen atoms in total. The highest BCUT2D eigenvalue weighted by atomic mass is 19.1. The minimum Gasteiger partial charge on any atom is -0.353 e. The first kappa shape index (κ1) is 15.6. The minimum absolute atomic E-state index is 0.214. The fourth-order valence-corrected chi connectivity index (χ4v) is 2.53. The van der Waals surface area contributed by atoms with Crippen LogP contribution in [-0.2, 0) is 6.42 Å². The molecular weight excluding hydrogens is 295 g/mol. The molecule has 1 aliphatic heterocycles. The summed E-state index contributed by atoms with van der Waals surface area (Å²) in [6.45, 7) is 4.63. The van der Waals surface area contributed by atoms with Gasteiger partial charge in [0.2, 0.25) is 5.95 Å². The summed E-state index contributed by atoms with van der Waals surface area (Å²) >= 11 is 0. The molecular formula is C16H21FN6. The third-order valence-electron chi connectivity index (χ3n) is 3.98. The lowest BCUT2D eigenvalue weighted by atomic mass is 10.1. The molecule has 0 spiro atoms. The fraction of sp³-hybridized carbons (Fsp3) is 0.438. The standard InChI is InChI=1S/C16H21FN6/c1-22-8-10-23(11-9-22)15-12-19-21-16(20-15)18-7-6-13-2-4-14(17)5-3-13/h2-5,12H,6-11H2,1H3,(H,18,20,21). The smallest absolute Gasteiger partial charge is 0.244 e. The highest BCUT2D eigenvalue weighted by Crippen LogP contribution is 2.13. The molecule has 122 valence electrons. The molecule has 1 saturated heterocycles. The van der Waals surface area contributed by atoms with Gasteiger partial charge in [-0.05, 0) is 31.2 Å². The number of halogens is 1. The van der Waals surface area contributed by atoms with Crippen LogP contribution in [0.2, 0.25) is 0 Å². The lowest BCUT2D eigenvalue weighted by Crippen LogP contribution is -2.44. The van der Waals surface area contributed by atoms with E-state index in [4.69, 9.17) is 0 Å². The number of likely N-dealkylation sites (N-methyl/N-ethyl adjacent to an activating group) is 1. The zero-order valence-corrected chi connectivity index (χ0v) is 13.2. The summed E-state index contributed by atoms with van der Waals surface area (Å²) in [6, 6.07) is 6.52. The number of aromatic nitrogens is 3. The van der Waals surface area contributed by atoms with Crippen molar-refractivity contribution in [3.63, 3.8) is 0 Å². The van der Waals surface area contributed by atoms with Crippen molar-refractivity contribution in [1.29, 1.82) is 0 Å². The first-order valence-electron chi connectivity index (χ1n) is 7.82. The summed E-state index contributed by atoms with van der Waals surface area (Å²) in [6.07, 6.45) is 2.48. The number of anilines is 2. The minimum atomic E-state index is -0.214. The van der Waals surface area contributed by atoms with E-state index in [2.05, 4.69) is 37.3 Å². The monoisotopic (exact) mass is 316 g/mol. The average molecular weight is 316 g/mol. The molecule has 0 bridgehead atoms. The molecule has 0 saturated carbocycles. The van der Waals surface area contributed by atoms with Gasteiger partial charge in [-0.1, -0.05) is 12.1 Å². The quantitative estimate of drug-likeness (QED) is 0.900. The Morgan fingerprint density at radius 1 is 1.13 bits per heavy atom. The van der Waals surface area contributed by atoms with Gasteiger partial charge in [-0.15, -0.1) is 5.10 Å². The molecule has 3 rings (SSSR count). The lowest BCUT2D eigenvalue weighted by molar-refractivity contribution is 0.312. The second kappa shape index (κ2) is 7.32. The van der Waals surface area contributed by atoms with Gasteiger partial charge in [0, 0.05) is 32.7 Å². The topological polar surface area (TPSA) is 57.2 Å². The van der Waals surface area contributed by atoms with Gasteiger partial charge in [0.1, 0.15) is 5.82 Å². The third-order valence-corrected chi connectivity index (χ3v) is 3.98. The Morgan fingerprint density at radius 3 is 2.61 bits per heavy atom. The van der Waals surface area contributed by atoms with Crippen LogP contribution >= 0.6 is 0 Å². The second-order valence-corrected chi connectivity index (χ2v) is 5.73. The van der Waals surface area contributed by atoms with Crippen LogP contribution in [0.15, 0.2) is 30.5 Å². The first-order chi connectivity index (χ1) is 11.2. The van der Waals surface area contributed by atoms with Crippen molar-refractivity contribution in [2.45, 2.75) is 6.42 Å². The van der Waals surface area contributed by atoms with Gasteiger partial charge < -0.3 is 15.1 Å². The molecule has 0 amide bonds. The zero-order valence-electron chi connectivity index (χ0n) is 13.2. The van der Waals surface area contributed by atoms with Crippen molar-refractivity contribution in [3.8, 4) is 0 Å². The summed E-state index contributed by atoms with van der Waals surface area (Å²) in [5, 5.41) is 11.2. The van der Waals surface area contributed by atoms with Gasteiger partial charge in [0.25, 0.3) is 0 Å². The van der Waals surface area contributed by atoms with E-state index in [9.17, 15) is 4.39 Å². The third kappa shape index (κ3) is 4.35. The van der Waals surface area contributed by atoms with Crippen LogP contribution < -0.4 is 10.2 Å². The largest absolute Gasteiger partial charge is 0.353 e. The molecule has 0 unspecified atom stereocenters. The highest BCUT2D eigenvalue weighted by molar-refractivity contribution is 5.40. The molecule has 1 aliphatic rings. The normalized spacial score (nSPS) is 15.7. The Balaban J connectivity index is 1.54. The van der Waals surface area contributed by atoms with E-state index in [1.807, 2.05) is 0 Å². The Labute approximate surface area is 135 Å². The molecule has 2 aromatic rings. The van der Waals surface area contributed by atoms with Crippen LogP contribution in [0.4, 0.5) is 16.2 Å². The second-order valence-electron chi connectivity index (χ2n) is 5.73. The maximum Gasteiger partial charge on any atom is 0.244 e. The summed E-state index contributed by atoms with van der Waals surface area (Å²) in [4.78, 5) is 9.05. The van der Waals surface area contributed by atoms with E-state index in [0.717, 1.165) is 44.0 Å². The van der Waals surface area contributed by atoms with Crippen LogP contribution in [0.1, 0.15) is 5.56 Å². The van der Waals surface area contributed by atoms with E-state index in [1.54, 1.807) is 18.3 Å². The Kier molecular flexibility index (Phi) is 4.97. The van der Waals surface area contributed by atoms with E-state index in [1.165, 1.54) is 12.1 Å². The van der Waals surface area contributed by atoms with Crippen molar-refractivity contribution < 1.29 is 4.39 Å². The zero-order chi connectivity index (χ0) is 16.1. The number of rotatable bonds is 5. The average Bonchev–Trinajstić information content (AvgIpc) is 2.58. The number of nitrogens with one attached hydrogen (secondary N) is 1. The predicted octanol–water partition coefficient (Wildman–Crippen LogP) is 1.42. The first-order valence-corrected chi connectivity index (χ1v) is 7.82. The fourth-order valence-electron chi connectivity index (χ4n) is 2.53. The molecule has 1 N–H and O–H groups in total. The van der Waals surface area contributed by atoms with E-state index < -0.39 is 0 Å². The van der Waals surface area contributed by atoms with Gasteiger partial charge in [0.05, 0.1) is 6.20 Å². The SMILES string of the molecule is CN1CCN(c2cnnc(NCCc3ccc(F)cc3)n2)CC1. The molecule has 0 radical (unpaired) electrons. The molecule has 0 atom stereocenters. The molecule has 1 aromatic heterocycles. The summed E-state index contributed by atoms with van der Waals surface area (Å²) in [5.74, 6) is 1.18. The number of hydrogen-bond acceptors (Lipinski definition) is 6. The van der Waals surface area contributed by atoms with Gasteiger partial charge in [-0.25, -0.2) is 4.39 Å². The van der Waals surface area contributed by atoms with Crippen molar-refractivity contribution in [1.82, 2.24) is 20.1 Å². The van der Waals surface area contributed by atoms with E-state index >= 15 is 0 Å². The van der Waals surface area contributed by atoms with Gasteiger partial charge in [-0.3, -0.25) is 0 Å². The van der Waals surface area contributed by atoms with Crippen LogP contribution in [-0.4, -0.2) is 59.9 Å². The summed E-state index contributed by atoms with van der Waals surface area (Å²) < 4.78 is 12.9. The summed E-state index contributed by atoms with van der Waals surface area (Å²) in [7, 11) is 2.12. The molecule has 1 aromatic carbocycles. The highest BCUT2D eigenvalue weighted by Gasteiger charge is 2.16. The Morgan fingerprint density at radius 2 is 1.87 bits per heavy atom. The Hall–Kier alpha value is -2.28.